The van der Waals surface area contributed by atoms with E-state index in [9.17, 15) is 4.79 Å². The molecular weight excluding hydrogens is 272 g/mol. The van der Waals surface area contributed by atoms with E-state index in [1.165, 1.54) is 19.3 Å². The Balaban J connectivity index is 2.13. The molecule has 1 amide bonds. The third-order valence-electron chi connectivity index (χ3n) is 4.25. The molecule has 2 rings (SSSR count). The maximum absolute atomic E-state index is 12.5. The van der Waals surface area contributed by atoms with Gasteiger partial charge in [-0.3, -0.25) is 4.79 Å². The van der Waals surface area contributed by atoms with Crippen LogP contribution < -0.4 is 10.6 Å². The first-order valence-corrected chi connectivity index (χ1v) is 7.81. The van der Waals surface area contributed by atoms with E-state index in [1.54, 1.807) is 12.1 Å². The fraction of sp³-hybridized carbons (Fsp3) is 0.562. The number of nitrogens with one attached hydrogen (secondary N) is 2. The highest BCUT2D eigenvalue weighted by Gasteiger charge is 2.26. The summed E-state index contributed by atoms with van der Waals surface area (Å²) in [5, 5.41) is 6.83. The van der Waals surface area contributed by atoms with Crippen molar-refractivity contribution in [3.63, 3.8) is 0 Å². The number of carbonyl (C=O) groups excluding carboxylic acids is 1. The number of halogens is 1. The Labute approximate surface area is 126 Å². The van der Waals surface area contributed by atoms with Crippen molar-refractivity contribution in [2.75, 3.05) is 12.4 Å². The molecule has 1 aliphatic carbocycles. The van der Waals surface area contributed by atoms with Gasteiger partial charge in [0.1, 0.15) is 0 Å². The molecule has 0 spiro atoms. The average molecular weight is 295 g/mol. The van der Waals surface area contributed by atoms with E-state index in [0.717, 1.165) is 18.5 Å². The van der Waals surface area contributed by atoms with E-state index >= 15 is 0 Å². The van der Waals surface area contributed by atoms with Gasteiger partial charge in [-0.25, -0.2) is 0 Å². The van der Waals surface area contributed by atoms with E-state index in [4.69, 9.17) is 11.6 Å². The molecule has 0 radical (unpaired) electrons. The first-order chi connectivity index (χ1) is 9.65. The summed E-state index contributed by atoms with van der Waals surface area (Å²) in [4.78, 5) is 12.5. The standard InChI is InChI=1S/C16H23ClN2O/c1-3-11-6-4-5-7-14(11)19-16(20)13-10-12(17)8-9-15(13)18-2/h8-11,14,18H,3-7H2,1-2H3,(H,19,20). The Morgan fingerprint density at radius 1 is 1.35 bits per heavy atom. The Kier molecular flexibility index (Phi) is 5.30. The van der Waals surface area contributed by atoms with Crippen LogP contribution in [0.4, 0.5) is 5.69 Å². The molecule has 0 bridgehead atoms. The van der Waals surface area contributed by atoms with Gasteiger partial charge in [0, 0.05) is 23.8 Å². The number of benzene rings is 1. The van der Waals surface area contributed by atoms with Gasteiger partial charge in [0.15, 0.2) is 0 Å². The lowest BCUT2D eigenvalue weighted by Gasteiger charge is -2.31. The molecule has 4 heteroatoms. The number of anilines is 1. The molecule has 20 heavy (non-hydrogen) atoms. The summed E-state index contributed by atoms with van der Waals surface area (Å²) >= 11 is 6.01. The van der Waals surface area contributed by atoms with E-state index in [1.807, 2.05) is 13.1 Å². The van der Waals surface area contributed by atoms with Crippen molar-refractivity contribution in [3.8, 4) is 0 Å². The van der Waals surface area contributed by atoms with E-state index in [2.05, 4.69) is 17.6 Å². The fourth-order valence-corrected chi connectivity index (χ4v) is 3.23. The minimum Gasteiger partial charge on any atom is -0.387 e. The molecule has 0 aliphatic heterocycles. The smallest absolute Gasteiger partial charge is 0.253 e. The largest absolute Gasteiger partial charge is 0.387 e. The fourth-order valence-electron chi connectivity index (χ4n) is 3.05. The van der Waals surface area contributed by atoms with Crippen molar-refractivity contribution >= 4 is 23.2 Å². The molecule has 1 aromatic carbocycles. The van der Waals surface area contributed by atoms with Crippen LogP contribution in [0.2, 0.25) is 5.02 Å². The Morgan fingerprint density at radius 2 is 2.10 bits per heavy atom. The molecule has 0 heterocycles. The van der Waals surface area contributed by atoms with Crippen molar-refractivity contribution in [3.05, 3.63) is 28.8 Å². The van der Waals surface area contributed by atoms with Crippen molar-refractivity contribution in [1.29, 1.82) is 0 Å². The molecule has 110 valence electrons. The molecule has 1 aliphatic rings. The average Bonchev–Trinajstić information content (AvgIpc) is 2.47. The minimum absolute atomic E-state index is 0.0257. The molecule has 3 nitrogen and oxygen atoms in total. The van der Waals surface area contributed by atoms with Gasteiger partial charge in [-0.2, -0.15) is 0 Å². The summed E-state index contributed by atoms with van der Waals surface area (Å²) in [6, 6.07) is 5.66. The normalized spacial score (nSPS) is 22.4. The van der Waals surface area contributed by atoms with Gasteiger partial charge in [-0.15, -0.1) is 0 Å². The summed E-state index contributed by atoms with van der Waals surface area (Å²) in [7, 11) is 1.81. The van der Waals surface area contributed by atoms with Crippen molar-refractivity contribution in [1.82, 2.24) is 5.32 Å². The zero-order valence-corrected chi connectivity index (χ0v) is 13.0. The monoisotopic (exact) mass is 294 g/mol. The third kappa shape index (κ3) is 3.45. The second-order valence-corrected chi connectivity index (χ2v) is 5.91. The molecule has 0 aromatic heterocycles. The van der Waals surface area contributed by atoms with Gasteiger partial charge in [0.2, 0.25) is 0 Å². The molecule has 2 atom stereocenters. The summed E-state index contributed by atoms with van der Waals surface area (Å²) in [5.41, 5.74) is 1.44. The Hall–Kier alpha value is -1.22. The predicted octanol–water partition coefficient (Wildman–Crippen LogP) is 4.08. The maximum Gasteiger partial charge on any atom is 0.253 e. The molecule has 2 unspecified atom stereocenters. The number of amides is 1. The van der Waals surface area contributed by atoms with E-state index in [-0.39, 0.29) is 5.91 Å². The van der Waals surface area contributed by atoms with Crippen LogP contribution in [0.5, 0.6) is 0 Å². The summed E-state index contributed by atoms with van der Waals surface area (Å²) in [6.45, 7) is 2.20. The van der Waals surface area contributed by atoms with Gasteiger partial charge in [0.05, 0.1) is 5.56 Å². The van der Waals surface area contributed by atoms with Crippen molar-refractivity contribution < 1.29 is 4.79 Å². The van der Waals surface area contributed by atoms with Crippen LogP contribution in [0.3, 0.4) is 0 Å². The highest BCUT2D eigenvalue weighted by molar-refractivity contribution is 6.31. The zero-order valence-electron chi connectivity index (χ0n) is 12.2. The van der Waals surface area contributed by atoms with E-state index < -0.39 is 0 Å². The van der Waals surface area contributed by atoms with Crippen LogP contribution in [0.15, 0.2) is 18.2 Å². The van der Waals surface area contributed by atoms with Crippen LogP contribution in [0, 0.1) is 5.92 Å². The van der Waals surface area contributed by atoms with Gasteiger partial charge in [-0.1, -0.05) is 37.8 Å². The third-order valence-corrected chi connectivity index (χ3v) is 4.48. The Morgan fingerprint density at radius 3 is 2.80 bits per heavy atom. The predicted molar refractivity (Wildman–Crippen MR) is 84.5 cm³/mol. The van der Waals surface area contributed by atoms with Gasteiger partial charge < -0.3 is 10.6 Å². The molecule has 2 N–H and O–H groups in total. The number of carbonyl (C=O) groups is 1. The number of hydrogen-bond donors (Lipinski definition) is 2. The lowest BCUT2D eigenvalue weighted by Crippen LogP contribution is -2.42. The number of hydrogen-bond acceptors (Lipinski definition) is 2. The SMILES string of the molecule is CCC1CCCCC1NC(=O)c1cc(Cl)ccc1NC. The van der Waals surface area contributed by atoms with Crippen LogP contribution >= 0.6 is 11.6 Å². The summed E-state index contributed by atoms with van der Waals surface area (Å²) in [5.74, 6) is 0.576. The topological polar surface area (TPSA) is 41.1 Å². The molecule has 1 saturated carbocycles. The van der Waals surface area contributed by atoms with Crippen LogP contribution in [0.1, 0.15) is 49.4 Å². The van der Waals surface area contributed by atoms with Crippen molar-refractivity contribution in [2.24, 2.45) is 5.92 Å². The second-order valence-electron chi connectivity index (χ2n) is 5.47. The lowest BCUT2D eigenvalue weighted by atomic mass is 9.83. The maximum atomic E-state index is 12.5. The highest BCUT2D eigenvalue weighted by atomic mass is 35.5. The molecule has 1 fully saturated rings. The summed E-state index contributed by atoms with van der Waals surface area (Å²) < 4.78 is 0. The van der Waals surface area contributed by atoms with Gasteiger partial charge in [0.25, 0.3) is 5.91 Å². The molecule has 0 saturated heterocycles. The second kappa shape index (κ2) is 6.98. The Bertz CT molecular complexity index is 476. The quantitative estimate of drug-likeness (QED) is 0.878. The summed E-state index contributed by atoms with van der Waals surface area (Å²) in [6.07, 6.45) is 5.91. The minimum atomic E-state index is -0.0257. The number of rotatable bonds is 4. The first-order valence-electron chi connectivity index (χ1n) is 7.44. The van der Waals surface area contributed by atoms with Gasteiger partial charge >= 0.3 is 0 Å². The van der Waals surface area contributed by atoms with Gasteiger partial charge in [-0.05, 0) is 37.0 Å². The lowest BCUT2D eigenvalue weighted by molar-refractivity contribution is 0.0905. The van der Waals surface area contributed by atoms with E-state index in [0.29, 0.717) is 22.5 Å². The van der Waals surface area contributed by atoms with Crippen LogP contribution in [-0.4, -0.2) is 19.0 Å². The van der Waals surface area contributed by atoms with Crippen molar-refractivity contribution in [2.45, 2.75) is 45.1 Å². The first kappa shape index (κ1) is 15.2. The van der Waals surface area contributed by atoms with Crippen LogP contribution in [-0.2, 0) is 0 Å². The molecular formula is C16H23ClN2O. The molecule has 1 aromatic rings. The highest BCUT2D eigenvalue weighted by Crippen LogP contribution is 2.28. The zero-order chi connectivity index (χ0) is 14.5. The van der Waals surface area contributed by atoms with Crippen LogP contribution in [0.25, 0.3) is 0 Å².